The number of fused-ring (bicyclic) bond motifs is 1. The lowest BCUT2D eigenvalue weighted by molar-refractivity contribution is -0.135. The first-order chi connectivity index (χ1) is 13.1. The van der Waals surface area contributed by atoms with Crippen LogP contribution >= 0.6 is 0 Å². The van der Waals surface area contributed by atoms with Crippen LogP contribution in [0.2, 0.25) is 0 Å². The number of aromatic nitrogens is 1. The molecular formula is C22H24N4O. The molecule has 0 N–H and O–H groups in total. The van der Waals surface area contributed by atoms with Gasteiger partial charge in [-0.25, -0.2) is 4.98 Å². The summed E-state index contributed by atoms with van der Waals surface area (Å²) in [5.41, 5.74) is 5.09. The van der Waals surface area contributed by atoms with Crippen molar-refractivity contribution in [3.8, 4) is 6.07 Å². The Hall–Kier alpha value is -2.87. The van der Waals surface area contributed by atoms with Gasteiger partial charge in [-0.2, -0.15) is 5.26 Å². The molecule has 3 heterocycles. The Labute approximate surface area is 160 Å². The average molecular weight is 360 g/mol. The van der Waals surface area contributed by atoms with Crippen LogP contribution < -0.4 is 4.90 Å². The monoisotopic (exact) mass is 360 g/mol. The molecule has 1 amide bonds. The maximum atomic E-state index is 13.1. The van der Waals surface area contributed by atoms with E-state index in [0.717, 1.165) is 43.0 Å². The molecule has 5 nitrogen and oxygen atoms in total. The minimum absolute atomic E-state index is 0.0237. The lowest BCUT2D eigenvalue weighted by Crippen LogP contribution is -2.40. The Morgan fingerprint density at radius 3 is 2.78 bits per heavy atom. The van der Waals surface area contributed by atoms with Crippen LogP contribution in [0.1, 0.15) is 34.4 Å². The normalized spacial score (nSPS) is 18.9. The zero-order valence-corrected chi connectivity index (χ0v) is 15.9. The SMILES string of the molecule is Cc1cc(C)c(C#N)c(N2CCC(C(=O)N3CCc4ccccc4C3)C2)n1. The Balaban J connectivity index is 1.49. The van der Waals surface area contributed by atoms with E-state index >= 15 is 0 Å². The standard InChI is InChI=1S/C22H24N4O/c1-15-11-16(2)24-21(20(15)12-23)25-9-8-19(14-25)22(27)26-10-7-17-5-3-4-6-18(17)13-26/h3-6,11,19H,7-10,13-14H2,1-2H3. The summed E-state index contributed by atoms with van der Waals surface area (Å²) in [6.07, 6.45) is 1.74. The van der Waals surface area contributed by atoms with Gasteiger partial charge in [0.25, 0.3) is 0 Å². The van der Waals surface area contributed by atoms with Crippen molar-refractivity contribution in [1.82, 2.24) is 9.88 Å². The quantitative estimate of drug-likeness (QED) is 0.826. The molecule has 138 valence electrons. The number of rotatable bonds is 2. The van der Waals surface area contributed by atoms with E-state index in [1.807, 2.05) is 30.9 Å². The van der Waals surface area contributed by atoms with Crippen LogP contribution in [0.5, 0.6) is 0 Å². The molecule has 1 atom stereocenters. The van der Waals surface area contributed by atoms with E-state index in [-0.39, 0.29) is 11.8 Å². The van der Waals surface area contributed by atoms with E-state index in [2.05, 4.69) is 34.2 Å². The number of hydrogen-bond donors (Lipinski definition) is 0. The van der Waals surface area contributed by atoms with Gasteiger partial charge in [0.05, 0.1) is 11.5 Å². The maximum absolute atomic E-state index is 13.1. The molecule has 1 aromatic carbocycles. The van der Waals surface area contributed by atoms with Crippen molar-refractivity contribution in [2.75, 3.05) is 24.5 Å². The molecule has 2 aliphatic heterocycles. The smallest absolute Gasteiger partial charge is 0.227 e. The second-order valence-corrected chi connectivity index (χ2v) is 7.60. The fourth-order valence-corrected chi connectivity index (χ4v) is 4.28. The summed E-state index contributed by atoms with van der Waals surface area (Å²) in [7, 11) is 0. The predicted molar refractivity (Wildman–Crippen MR) is 104 cm³/mol. The van der Waals surface area contributed by atoms with Gasteiger partial charge in [-0.05, 0) is 49.4 Å². The average Bonchev–Trinajstić information content (AvgIpc) is 3.16. The fraction of sp³-hybridized carbons (Fsp3) is 0.409. The Morgan fingerprint density at radius 1 is 1.22 bits per heavy atom. The number of amides is 1. The predicted octanol–water partition coefficient (Wildman–Crippen LogP) is 2.98. The molecule has 1 unspecified atom stereocenters. The summed E-state index contributed by atoms with van der Waals surface area (Å²) < 4.78 is 0. The molecule has 0 bridgehead atoms. The summed E-state index contributed by atoms with van der Waals surface area (Å²) in [4.78, 5) is 21.8. The minimum atomic E-state index is -0.0237. The summed E-state index contributed by atoms with van der Waals surface area (Å²) in [5.74, 6) is 0.939. The van der Waals surface area contributed by atoms with Crippen molar-refractivity contribution in [1.29, 1.82) is 5.26 Å². The molecular weight excluding hydrogens is 336 g/mol. The van der Waals surface area contributed by atoms with Gasteiger partial charge in [-0.15, -0.1) is 0 Å². The van der Waals surface area contributed by atoms with Gasteiger partial charge in [0.15, 0.2) is 0 Å². The van der Waals surface area contributed by atoms with Crippen molar-refractivity contribution in [3.05, 3.63) is 58.3 Å². The van der Waals surface area contributed by atoms with E-state index < -0.39 is 0 Å². The van der Waals surface area contributed by atoms with E-state index in [1.165, 1.54) is 11.1 Å². The molecule has 1 aromatic heterocycles. The Morgan fingerprint density at radius 2 is 2.00 bits per heavy atom. The molecule has 0 spiro atoms. The molecule has 27 heavy (non-hydrogen) atoms. The first-order valence-electron chi connectivity index (χ1n) is 9.55. The number of pyridine rings is 1. The van der Waals surface area contributed by atoms with Gasteiger partial charge >= 0.3 is 0 Å². The highest BCUT2D eigenvalue weighted by Gasteiger charge is 2.34. The van der Waals surface area contributed by atoms with Crippen LogP contribution in [0.3, 0.4) is 0 Å². The summed E-state index contributed by atoms with van der Waals surface area (Å²) in [6.45, 7) is 6.80. The first kappa shape index (κ1) is 17.5. The topological polar surface area (TPSA) is 60.2 Å². The Kier molecular flexibility index (Phi) is 4.57. The Bertz CT molecular complexity index is 930. The van der Waals surface area contributed by atoms with E-state index in [1.54, 1.807) is 0 Å². The van der Waals surface area contributed by atoms with Gasteiger partial charge in [0, 0.05) is 31.9 Å². The molecule has 2 aliphatic rings. The van der Waals surface area contributed by atoms with Gasteiger partial charge in [-0.3, -0.25) is 4.79 Å². The van der Waals surface area contributed by atoms with Crippen molar-refractivity contribution >= 4 is 11.7 Å². The number of carbonyl (C=O) groups is 1. The lowest BCUT2D eigenvalue weighted by atomic mass is 9.98. The van der Waals surface area contributed by atoms with E-state index in [9.17, 15) is 10.1 Å². The van der Waals surface area contributed by atoms with Crippen LogP contribution in [0.4, 0.5) is 5.82 Å². The summed E-state index contributed by atoms with van der Waals surface area (Å²) >= 11 is 0. The van der Waals surface area contributed by atoms with Crippen LogP contribution in [0.25, 0.3) is 0 Å². The molecule has 0 radical (unpaired) electrons. The molecule has 0 saturated carbocycles. The van der Waals surface area contributed by atoms with E-state index in [4.69, 9.17) is 0 Å². The molecule has 2 aromatic rings. The second kappa shape index (κ2) is 7.03. The third kappa shape index (κ3) is 3.28. The molecule has 1 fully saturated rings. The third-order valence-electron chi connectivity index (χ3n) is 5.72. The van der Waals surface area contributed by atoms with E-state index in [0.29, 0.717) is 18.7 Å². The highest BCUT2D eigenvalue weighted by atomic mass is 16.2. The van der Waals surface area contributed by atoms with Crippen molar-refractivity contribution in [2.45, 2.75) is 33.2 Å². The van der Waals surface area contributed by atoms with Gasteiger partial charge < -0.3 is 9.80 Å². The molecule has 1 saturated heterocycles. The summed E-state index contributed by atoms with van der Waals surface area (Å²) in [6, 6.07) is 12.6. The number of carbonyl (C=O) groups excluding carboxylic acids is 1. The summed E-state index contributed by atoms with van der Waals surface area (Å²) in [5, 5.41) is 9.53. The number of anilines is 1. The fourth-order valence-electron chi connectivity index (χ4n) is 4.28. The number of aryl methyl sites for hydroxylation is 2. The minimum Gasteiger partial charge on any atom is -0.355 e. The number of benzene rings is 1. The third-order valence-corrected chi connectivity index (χ3v) is 5.72. The second-order valence-electron chi connectivity index (χ2n) is 7.60. The first-order valence-corrected chi connectivity index (χ1v) is 9.55. The van der Waals surface area contributed by atoms with Crippen LogP contribution in [0, 0.1) is 31.1 Å². The van der Waals surface area contributed by atoms with Crippen molar-refractivity contribution < 1.29 is 4.79 Å². The zero-order chi connectivity index (χ0) is 19.0. The molecule has 5 heteroatoms. The lowest BCUT2D eigenvalue weighted by Gasteiger charge is -2.31. The highest BCUT2D eigenvalue weighted by Crippen LogP contribution is 2.29. The van der Waals surface area contributed by atoms with Crippen LogP contribution in [0.15, 0.2) is 30.3 Å². The van der Waals surface area contributed by atoms with Crippen molar-refractivity contribution in [3.63, 3.8) is 0 Å². The number of hydrogen-bond acceptors (Lipinski definition) is 4. The molecule has 4 rings (SSSR count). The molecule has 0 aliphatic carbocycles. The zero-order valence-electron chi connectivity index (χ0n) is 15.9. The number of nitrogens with zero attached hydrogens (tertiary/aromatic N) is 4. The highest BCUT2D eigenvalue weighted by molar-refractivity contribution is 5.80. The maximum Gasteiger partial charge on any atom is 0.227 e. The van der Waals surface area contributed by atoms with Crippen LogP contribution in [-0.4, -0.2) is 35.4 Å². The largest absolute Gasteiger partial charge is 0.355 e. The van der Waals surface area contributed by atoms with Crippen molar-refractivity contribution in [2.24, 2.45) is 5.92 Å². The van der Waals surface area contributed by atoms with Gasteiger partial charge in [0.1, 0.15) is 11.9 Å². The van der Waals surface area contributed by atoms with Gasteiger partial charge in [-0.1, -0.05) is 24.3 Å². The van der Waals surface area contributed by atoms with Crippen LogP contribution in [-0.2, 0) is 17.8 Å². The van der Waals surface area contributed by atoms with Gasteiger partial charge in [0.2, 0.25) is 5.91 Å². The number of nitriles is 1.